The molecule has 1 aliphatic heterocycles. The third kappa shape index (κ3) is 2.12. The number of fused-ring (bicyclic) bond motifs is 1. The van der Waals surface area contributed by atoms with Gasteiger partial charge in [-0.2, -0.15) is 0 Å². The molecule has 0 aromatic heterocycles. The number of amides is 2. The molecule has 1 unspecified atom stereocenters. The number of halogens is 2. The van der Waals surface area contributed by atoms with Crippen LogP contribution < -0.4 is 0 Å². The summed E-state index contributed by atoms with van der Waals surface area (Å²) in [7, 11) is 0. The molecule has 1 atom stereocenters. The van der Waals surface area contributed by atoms with E-state index < -0.39 is 36.8 Å². The fourth-order valence-electron chi connectivity index (χ4n) is 2.24. The van der Waals surface area contributed by atoms with Crippen LogP contribution in [0.1, 0.15) is 34.1 Å². The number of nitrogens with zero attached hydrogens (tertiary/aromatic N) is 1. The van der Waals surface area contributed by atoms with Gasteiger partial charge in [0.05, 0.1) is 23.3 Å². The van der Waals surface area contributed by atoms with E-state index in [0.717, 1.165) is 4.90 Å². The van der Waals surface area contributed by atoms with Gasteiger partial charge in [-0.15, -0.1) is 0 Å². The standard InChI is InChI=1S/C13H13F2NO3/c1-13(7-17,6-10(14)15)16-11(18)8-4-2-3-5-9(8)12(16)19/h2-5,10,17H,6-7H2,1H3. The van der Waals surface area contributed by atoms with Gasteiger partial charge in [0.25, 0.3) is 11.8 Å². The quantitative estimate of drug-likeness (QED) is 0.846. The Hall–Kier alpha value is -1.82. The molecular formula is C13H13F2NO3. The molecule has 0 fully saturated rings. The number of carbonyl (C=O) groups is 2. The van der Waals surface area contributed by atoms with Crippen LogP contribution in [-0.4, -0.2) is 40.4 Å². The van der Waals surface area contributed by atoms with E-state index in [1.807, 2.05) is 0 Å². The van der Waals surface area contributed by atoms with Crippen molar-refractivity contribution in [1.29, 1.82) is 0 Å². The number of alkyl halides is 2. The molecule has 6 heteroatoms. The van der Waals surface area contributed by atoms with Crippen molar-refractivity contribution in [2.45, 2.75) is 25.3 Å². The molecule has 0 bridgehead atoms. The van der Waals surface area contributed by atoms with Crippen LogP contribution in [0.15, 0.2) is 24.3 Å². The molecule has 0 saturated carbocycles. The zero-order valence-electron chi connectivity index (χ0n) is 10.3. The Balaban J connectivity index is 2.43. The van der Waals surface area contributed by atoms with Crippen molar-refractivity contribution in [2.75, 3.05) is 6.61 Å². The summed E-state index contributed by atoms with van der Waals surface area (Å²) in [5.74, 6) is -1.28. The van der Waals surface area contributed by atoms with Crippen LogP contribution in [0.4, 0.5) is 8.78 Å². The van der Waals surface area contributed by atoms with Crippen molar-refractivity contribution in [3.05, 3.63) is 35.4 Å². The topological polar surface area (TPSA) is 57.6 Å². The van der Waals surface area contributed by atoms with E-state index in [4.69, 9.17) is 0 Å². The lowest BCUT2D eigenvalue weighted by atomic mass is 9.96. The zero-order valence-corrected chi connectivity index (χ0v) is 10.3. The van der Waals surface area contributed by atoms with Crippen molar-refractivity contribution in [3.63, 3.8) is 0 Å². The maximum absolute atomic E-state index is 12.6. The summed E-state index contributed by atoms with van der Waals surface area (Å²) in [5.41, 5.74) is -1.23. The normalized spacial score (nSPS) is 17.8. The Morgan fingerprint density at radius 3 is 2.05 bits per heavy atom. The summed E-state index contributed by atoms with van der Waals surface area (Å²) < 4.78 is 25.2. The molecule has 1 aromatic carbocycles. The van der Waals surface area contributed by atoms with Gasteiger partial charge in [0.2, 0.25) is 6.43 Å². The first kappa shape index (κ1) is 13.6. The minimum absolute atomic E-state index is 0.182. The molecule has 0 spiro atoms. The average Bonchev–Trinajstić information content (AvgIpc) is 2.62. The summed E-state index contributed by atoms with van der Waals surface area (Å²) >= 11 is 0. The number of hydrogen-bond acceptors (Lipinski definition) is 3. The highest BCUT2D eigenvalue weighted by Gasteiger charge is 2.47. The maximum Gasteiger partial charge on any atom is 0.262 e. The lowest BCUT2D eigenvalue weighted by Crippen LogP contribution is -2.53. The lowest BCUT2D eigenvalue weighted by Gasteiger charge is -2.35. The van der Waals surface area contributed by atoms with Gasteiger partial charge in [-0.1, -0.05) is 12.1 Å². The first-order valence-electron chi connectivity index (χ1n) is 5.77. The summed E-state index contributed by atoms with van der Waals surface area (Å²) in [6.07, 6.45) is -3.48. The summed E-state index contributed by atoms with van der Waals surface area (Å²) in [6.45, 7) is 0.573. The Morgan fingerprint density at radius 1 is 1.21 bits per heavy atom. The highest BCUT2D eigenvalue weighted by molar-refractivity contribution is 6.21. The second-order valence-electron chi connectivity index (χ2n) is 4.74. The number of hydrogen-bond donors (Lipinski definition) is 1. The molecule has 1 heterocycles. The van der Waals surface area contributed by atoms with Crippen LogP contribution >= 0.6 is 0 Å². The first-order valence-corrected chi connectivity index (χ1v) is 5.77. The molecule has 2 amide bonds. The number of benzene rings is 1. The molecule has 19 heavy (non-hydrogen) atoms. The molecule has 2 rings (SSSR count). The van der Waals surface area contributed by atoms with Crippen LogP contribution in [0.2, 0.25) is 0 Å². The molecule has 102 valence electrons. The Morgan fingerprint density at radius 2 is 1.68 bits per heavy atom. The second-order valence-corrected chi connectivity index (χ2v) is 4.74. The van der Waals surface area contributed by atoms with Crippen molar-refractivity contribution in [1.82, 2.24) is 4.90 Å². The molecule has 0 radical (unpaired) electrons. The number of carbonyl (C=O) groups excluding carboxylic acids is 2. The average molecular weight is 269 g/mol. The Bertz CT molecular complexity index is 497. The van der Waals surface area contributed by atoms with E-state index in [0.29, 0.717) is 0 Å². The van der Waals surface area contributed by atoms with Gasteiger partial charge in [0.1, 0.15) is 0 Å². The van der Waals surface area contributed by atoms with Crippen molar-refractivity contribution >= 4 is 11.8 Å². The largest absolute Gasteiger partial charge is 0.394 e. The number of rotatable bonds is 4. The van der Waals surface area contributed by atoms with Gasteiger partial charge < -0.3 is 5.11 Å². The minimum Gasteiger partial charge on any atom is -0.394 e. The molecule has 1 aromatic rings. The number of aliphatic hydroxyl groups is 1. The third-order valence-electron chi connectivity index (χ3n) is 3.27. The van der Waals surface area contributed by atoms with Crippen molar-refractivity contribution < 1.29 is 23.5 Å². The zero-order chi connectivity index (χ0) is 14.2. The predicted octanol–water partition coefficient (Wildman–Crippen LogP) is 1.69. The van der Waals surface area contributed by atoms with Gasteiger partial charge in [0.15, 0.2) is 0 Å². The molecule has 0 aliphatic carbocycles. The predicted molar refractivity (Wildman–Crippen MR) is 63.1 cm³/mol. The van der Waals surface area contributed by atoms with Gasteiger partial charge in [-0.3, -0.25) is 14.5 Å². The monoisotopic (exact) mass is 269 g/mol. The summed E-state index contributed by atoms with van der Waals surface area (Å²) in [5, 5.41) is 9.33. The van der Waals surface area contributed by atoms with Crippen LogP contribution in [0.3, 0.4) is 0 Å². The van der Waals surface area contributed by atoms with E-state index in [2.05, 4.69) is 0 Å². The Kier molecular flexibility index (Phi) is 3.36. The van der Waals surface area contributed by atoms with E-state index in [9.17, 15) is 23.5 Å². The van der Waals surface area contributed by atoms with Crippen LogP contribution in [-0.2, 0) is 0 Å². The van der Waals surface area contributed by atoms with Gasteiger partial charge in [-0.25, -0.2) is 8.78 Å². The molecule has 1 aliphatic rings. The van der Waals surface area contributed by atoms with Crippen molar-refractivity contribution in [3.8, 4) is 0 Å². The summed E-state index contributed by atoms with van der Waals surface area (Å²) in [6, 6.07) is 6.12. The van der Waals surface area contributed by atoms with Crippen LogP contribution in [0.5, 0.6) is 0 Å². The fraction of sp³-hybridized carbons (Fsp3) is 0.385. The van der Waals surface area contributed by atoms with Gasteiger partial charge in [0, 0.05) is 6.42 Å². The molecule has 4 nitrogen and oxygen atoms in total. The SMILES string of the molecule is CC(CO)(CC(F)F)N1C(=O)c2ccccc2C1=O. The number of imide groups is 1. The lowest BCUT2D eigenvalue weighted by molar-refractivity contribution is 0.00405. The fourth-order valence-corrected chi connectivity index (χ4v) is 2.24. The van der Waals surface area contributed by atoms with Crippen LogP contribution in [0, 0.1) is 0 Å². The second kappa shape index (κ2) is 4.70. The summed E-state index contributed by atoms with van der Waals surface area (Å²) in [4.78, 5) is 25.0. The smallest absolute Gasteiger partial charge is 0.262 e. The highest BCUT2D eigenvalue weighted by atomic mass is 19.3. The Labute approximate surface area is 108 Å². The van der Waals surface area contributed by atoms with Crippen LogP contribution in [0.25, 0.3) is 0 Å². The third-order valence-corrected chi connectivity index (χ3v) is 3.27. The molecule has 1 N–H and O–H groups in total. The first-order chi connectivity index (χ1) is 8.90. The van der Waals surface area contributed by atoms with E-state index >= 15 is 0 Å². The van der Waals surface area contributed by atoms with Gasteiger partial charge in [-0.05, 0) is 19.1 Å². The maximum atomic E-state index is 12.6. The van der Waals surface area contributed by atoms with E-state index in [1.165, 1.54) is 19.1 Å². The van der Waals surface area contributed by atoms with E-state index in [-0.39, 0.29) is 11.1 Å². The minimum atomic E-state index is -2.72. The van der Waals surface area contributed by atoms with E-state index in [1.54, 1.807) is 12.1 Å². The van der Waals surface area contributed by atoms with Gasteiger partial charge >= 0.3 is 0 Å². The van der Waals surface area contributed by atoms with Crippen molar-refractivity contribution in [2.24, 2.45) is 0 Å². The molecular weight excluding hydrogens is 256 g/mol. The highest BCUT2D eigenvalue weighted by Crippen LogP contribution is 2.32. The number of aliphatic hydroxyl groups excluding tert-OH is 1. The molecule has 0 saturated heterocycles.